The average molecular weight is 344 g/mol. The van der Waals surface area contributed by atoms with Crippen LogP contribution in [0.15, 0.2) is 21.7 Å². The number of benzene rings is 1. The van der Waals surface area contributed by atoms with Crippen LogP contribution in [0.4, 0.5) is 5.69 Å². The second-order valence-electron chi connectivity index (χ2n) is 4.54. The van der Waals surface area contributed by atoms with Crippen molar-refractivity contribution in [2.24, 2.45) is 11.0 Å². The molecule has 1 saturated heterocycles. The van der Waals surface area contributed by atoms with E-state index < -0.39 is 0 Å². The monoisotopic (exact) mass is 342 g/mol. The Labute approximate surface area is 124 Å². The highest BCUT2D eigenvalue weighted by atomic mass is 79.9. The molecule has 5 nitrogen and oxygen atoms in total. The second kappa shape index (κ2) is 5.82. The Hall–Kier alpha value is -1.23. The second-order valence-corrected chi connectivity index (χ2v) is 5.80. The fourth-order valence-electron chi connectivity index (χ4n) is 2.22. The Bertz CT molecular complexity index is 571. The Morgan fingerprint density at radius 3 is 3.05 bits per heavy atom. The highest BCUT2D eigenvalue weighted by Gasteiger charge is 2.31. The number of amides is 1. The molecule has 19 heavy (non-hydrogen) atoms. The molecule has 1 atom stereocenters. The summed E-state index contributed by atoms with van der Waals surface area (Å²) in [5.41, 5.74) is 10.1. The maximum absolute atomic E-state index is 12.0. The van der Waals surface area contributed by atoms with Gasteiger partial charge >= 0.3 is 0 Å². The minimum Gasteiger partial charge on any atom is -0.312 e. The SMILES string of the molecule is Cc1cc(Br)c(Cl)cc1N1CC(CN=[N+]=[N-])CC1=O. The van der Waals surface area contributed by atoms with Crippen LogP contribution in [0.25, 0.3) is 10.4 Å². The third-order valence-corrected chi connectivity index (χ3v) is 4.33. The predicted molar refractivity (Wildman–Crippen MR) is 78.4 cm³/mol. The first-order valence-corrected chi connectivity index (χ1v) is 6.97. The van der Waals surface area contributed by atoms with E-state index >= 15 is 0 Å². The molecule has 1 fully saturated rings. The van der Waals surface area contributed by atoms with Crippen molar-refractivity contribution < 1.29 is 4.79 Å². The van der Waals surface area contributed by atoms with Crippen molar-refractivity contribution in [3.63, 3.8) is 0 Å². The lowest BCUT2D eigenvalue weighted by molar-refractivity contribution is -0.117. The van der Waals surface area contributed by atoms with Gasteiger partial charge < -0.3 is 4.90 Å². The fourth-order valence-corrected chi connectivity index (χ4v) is 2.83. The molecule has 0 spiro atoms. The summed E-state index contributed by atoms with van der Waals surface area (Å²) < 4.78 is 0.813. The van der Waals surface area contributed by atoms with Crippen molar-refractivity contribution >= 4 is 39.1 Å². The minimum absolute atomic E-state index is 0.0413. The highest BCUT2D eigenvalue weighted by molar-refractivity contribution is 9.10. The van der Waals surface area contributed by atoms with E-state index in [4.69, 9.17) is 17.1 Å². The largest absolute Gasteiger partial charge is 0.312 e. The van der Waals surface area contributed by atoms with Crippen molar-refractivity contribution in [3.8, 4) is 0 Å². The van der Waals surface area contributed by atoms with Gasteiger partial charge in [0.2, 0.25) is 5.91 Å². The number of hydrogen-bond acceptors (Lipinski definition) is 2. The number of aryl methyl sites for hydroxylation is 1. The summed E-state index contributed by atoms with van der Waals surface area (Å²) in [6, 6.07) is 3.68. The molecule has 1 heterocycles. The Balaban J connectivity index is 2.25. The van der Waals surface area contributed by atoms with E-state index in [1.807, 2.05) is 13.0 Å². The number of rotatable bonds is 3. The first-order chi connectivity index (χ1) is 9.02. The van der Waals surface area contributed by atoms with Crippen LogP contribution in [-0.2, 0) is 4.79 Å². The van der Waals surface area contributed by atoms with Crippen LogP contribution in [0.1, 0.15) is 12.0 Å². The highest BCUT2D eigenvalue weighted by Crippen LogP contribution is 2.34. The quantitative estimate of drug-likeness (QED) is 0.463. The van der Waals surface area contributed by atoms with Crippen LogP contribution in [0.2, 0.25) is 5.02 Å². The van der Waals surface area contributed by atoms with Gasteiger partial charge in [0, 0.05) is 34.6 Å². The molecule has 1 unspecified atom stereocenters. The van der Waals surface area contributed by atoms with E-state index in [0.717, 1.165) is 15.7 Å². The molecule has 0 N–H and O–H groups in total. The molecule has 7 heteroatoms. The zero-order valence-corrected chi connectivity index (χ0v) is 12.6. The number of azide groups is 1. The maximum Gasteiger partial charge on any atom is 0.227 e. The first-order valence-electron chi connectivity index (χ1n) is 5.79. The van der Waals surface area contributed by atoms with E-state index in [-0.39, 0.29) is 11.8 Å². The van der Waals surface area contributed by atoms with Crippen molar-refractivity contribution in [2.75, 3.05) is 18.0 Å². The summed E-state index contributed by atoms with van der Waals surface area (Å²) in [7, 11) is 0. The Morgan fingerprint density at radius 2 is 2.37 bits per heavy atom. The van der Waals surface area contributed by atoms with Gasteiger partial charge in [0.15, 0.2) is 0 Å². The van der Waals surface area contributed by atoms with Crippen LogP contribution in [0.5, 0.6) is 0 Å². The van der Waals surface area contributed by atoms with E-state index in [9.17, 15) is 4.79 Å². The molecule has 0 bridgehead atoms. The normalized spacial score (nSPS) is 18.6. The van der Waals surface area contributed by atoms with E-state index in [1.54, 1.807) is 11.0 Å². The van der Waals surface area contributed by atoms with E-state index in [2.05, 4.69) is 26.0 Å². The van der Waals surface area contributed by atoms with Crippen LogP contribution >= 0.6 is 27.5 Å². The number of nitrogens with zero attached hydrogens (tertiary/aromatic N) is 4. The van der Waals surface area contributed by atoms with Gasteiger partial charge in [-0.1, -0.05) is 16.7 Å². The van der Waals surface area contributed by atoms with Crippen molar-refractivity contribution in [3.05, 3.63) is 37.6 Å². The summed E-state index contributed by atoms with van der Waals surface area (Å²) in [4.78, 5) is 16.5. The first kappa shape index (κ1) is 14.2. The summed E-state index contributed by atoms with van der Waals surface area (Å²) >= 11 is 9.44. The average Bonchev–Trinajstić information content (AvgIpc) is 2.72. The predicted octanol–water partition coefficient (Wildman–Crippen LogP) is 4.07. The molecule has 0 radical (unpaired) electrons. The molecule has 0 aliphatic carbocycles. The van der Waals surface area contributed by atoms with Crippen molar-refractivity contribution in [1.82, 2.24) is 0 Å². The molecule has 1 aromatic rings. The number of carbonyl (C=O) groups is 1. The summed E-state index contributed by atoms with van der Waals surface area (Å²) in [6.45, 7) is 2.85. The van der Waals surface area contributed by atoms with Gasteiger partial charge in [0.05, 0.1) is 5.02 Å². The molecule has 1 aliphatic rings. The lowest BCUT2D eigenvalue weighted by Gasteiger charge is -2.19. The summed E-state index contributed by atoms with van der Waals surface area (Å²) in [5, 5.41) is 4.11. The van der Waals surface area contributed by atoms with Gasteiger partial charge in [-0.2, -0.15) is 0 Å². The minimum atomic E-state index is 0.0413. The molecule has 100 valence electrons. The Morgan fingerprint density at radius 1 is 1.63 bits per heavy atom. The molecule has 1 aliphatic heterocycles. The zero-order valence-electron chi connectivity index (χ0n) is 10.3. The summed E-state index contributed by atoms with van der Waals surface area (Å²) in [5.74, 6) is 0.116. The lowest BCUT2D eigenvalue weighted by atomic mass is 10.1. The van der Waals surface area contributed by atoms with Gasteiger partial charge in [0.1, 0.15) is 0 Å². The zero-order chi connectivity index (χ0) is 14.0. The molecule has 1 aromatic carbocycles. The van der Waals surface area contributed by atoms with E-state index in [1.165, 1.54) is 0 Å². The molecule has 1 amide bonds. The topological polar surface area (TPSA) is 69.1 Å². The smallest absolute Gasteiger partial charge is 0.227 e. The Kier molecular flexibility index (Phi) is 4.34. The van der Waals surface area contributed by atoms with Gasteiger partial charge in [0.25, 0.3) is 0 Å². The van der Waals surface area contributed by atoms with Crippen LogP contribution in [0, 0.1) is 12.8 Å². The van der Waals surface area contributed by atoms with Gasteiger partial charge in [-0.3, -0.25) is 4.79 Å². The van der Waals surface area contributed by atoms with Crippen molar-refractivity contribution in [1.29, 1.82) is 0 Å². The number of hydrogen-bond donors (Lipinski definition) is 0. The number of carbonyl (C=O) groups excluding carboxylic acids is 1. The fraction of sp³-hybridized carbons (Fsp3) is 0.417. The standard InChI is InChI=1S/C12H12BrClN4O/c1-7-2-9(13)10(14)4-11(7)18-6-8(3-12(18)19)5-16-17-15/h2,4,8H,3,5-6H2,1H3. The third-order valence-electron chi connectivity index (χ3n) is 3.14. The molecule has 0 aromatic heterocycles. The van der Waals surface area contributed by atoms with E-state index in [0.29, 0.717) is 24.5 Å². The maximum atomic E-state index is 12.0. The molecule has 2 rings (SSSR count). The molecular weight excluding hydrogens is 332 g/mol. The lowest BCUT2D eigenvalue weighted by Crippen LogP contribution is -2.25. The molecule has 0 saturated carbocycles. The number of anilines is 1. The summed E-state index contributed by atoms with van der Waals surface area (Å²) in [6.07, 6.45) is 0.409. The van der Waals surface area contributed by atoms with Gasteiger partial charge in [-0.15, -0.1) is 0 Å². The third kappa shape index (κ3) is 3.03. The van der Waals surface area contributed by atoms with Crippen LogP contribution in [-0.4, -0.2) is 19.0 Å². The van der Waals surface area contributed by atoms with Gasteiger partial charge in [-0.25, -0.2) is 0 Å². The van der Waals surface area contributed by atoms with Crippen LogP contribution < -0.4 is 4.90 Å². The number of halogens is 2. The van der Waals surface area contributed by atoms with Crippen molar-refractivity contribution in [2.45, 2.75) is 13.3 Å². The van der Waals surface area contributed by atoms with Gasteiger partial charge in [-0.05, 0) is 52.0 Å². The molecular formula is C12H12BrClN4O. The van der Waals surface area contributed by atoms with Crippen LogP contribution in [0.3, 0.4) is 0 Å².